The molecule has 9 heteroatoms. The number of rotatable bonds is 11. The summed E-state index contributed by atoms with van der Waals surface area (Å²) in [6, 6.07) is -0.463. The summed E-state index contributed by atoms with van der Waals surface area (Å²) in [4.78, 5) is 44.1. The van der Waals surface area contributed by atoms with Crippen molar-refractivity contribution in [1.82, 2.24) is 10.6 Å². The maximum atomic E-state index is 11.7. The minimum Gasteiger partial charge on any atom is -0.481 e. The van der Waals surface area contributed by atoms with Crippen LogP contribution in [0.4, 0.5) is 0 Å². The number of ketones is 1. The van der Waals surface area contributed by atoms with Crippen LogP contribution in [0.1, 0.15) is 19.8 Å². The van der Waals surface area contributed by atoms with E-state index in [2.05, 4.69) is 23.3 Å². The lowest BCUT2D eigenvalue weighted by molar-refractivity contribution is -0.137. The lowest BCUT2D eigenvalue weighted by atomic mass is 10.1. The number of Topliss-reactive ketones (excluding diaryl/α,β-unsaturated/α-hetero) is 1. The quantitative estimate of drug-likeness (QED) is 0.386. The van der Waals surface area contributed by atoms with E-state index in [1.54, 1.807) is 0 Å². The predicted octanol–water partition coefficient (Wildman–Crippen LogP) is -0.296. The van der Waals surface area contributed by atoms with Gasteiger partial charge in [-0.2, -0.15) is 12.6 Å². The number of amides is 2. The third-order valence-electron chi connectivity index (χ3n) is 2.30. The number of carbonyl (C=O) groups excluding carboxylic acids is 3. The zero-order valence-electron chi connectivity index (χ0n) is 11.8. The smallest absolute Gasteiger partial charge is 0.303 e. The molecule has 0 radical (unpaired) electrons. The zero-order valence-corrected chi connectivity index (χ0v) is 13.5. The molecule has 21 heavy (non-hydrogen) atoms. The number of carboxylic acid groups (broad SMARTS) is 1. The third kappa shape index (κ3) is 12.2. The molecule has 0 aliphatic rings. The fourth-order valence-electron chi connectivity index (χ4n) is 1.37. The molecule has 0 aliphatic heterocycles. The summed E-state index contributed by atoms with van der Waals surface area (Å²) in [6.07, 6.45) is 0.105. The van der Waals surface area contributed by atoms with Crippen molar-refractivity contribution < 1.29 is 24.3 Å². The highest BCUT2D eigenvalue weighted by molar-refractivity contribution is 8.00. The Bertz CT molecular complexity index is 390. The number of aliphatic carboxylic acids is 1. The average Bonchev–Trinajstić information content (AvgIpc) is 2.40. The van der Waals surface area contributed by atoms with Gasteiger partial charge in [0.1, 0.15) is 5.78 Å². The molecular formula is C12H20N2O5S2. The van der Waals surface area contributed by atoms with Crippen LogP contribution in [0.5, 0.6) is 0 Å². The number of hydrogen-bond acceptors (Lipinski definition) is 6. The second kappa shape index (κ2) is 11.4. The summed E-state index contributed by atoms with van der Waals surface area (Å²) < 4.78 is 0. The maximum absolute atomic E-state index is 11.7. The lowest BCUT2D eigenvalue weighted by Crippen LogP contribution is -2.45. The van der Waals surface area contributed by atoms with E-state index >= 15 is 0 Å². The molecule has 0 aromatic carbocycles. The molecule has 0 spiro atoms. The molecule has 120 valence electrons. The van der Waals surface area contributed by atoms with E-state index in [9.17, 15) is 19.2 Å². The van der Waals surface area contributed by atoms with E-state index in [4.69, 9.17) is 5.11 Å². The van der Waals surface area contributed by atoms with Gasteiger partial charge in [-0.05, 0) is 13.3 Å². The molecule has 0 rings (SSSR count). The summed E-state index contributed by atoms with van der Waals surface area (Å²) in [5, 5.41) is 13.9. The molecular weight excluding hydrogens is 316 g/mol. The largest absolute Gasteiger partial charge is 0.481 e. The molecule has 0 aliphatic carbocycles. The molecule has 0 aromatic rings. The highest BCUT2D eigenvalue weighted by Gasteiger charge is 2.15. The molecule has 1 atom stereocenters. The first-order valence-corrected chi connectivity index (χ1v) is 8.09. The summed E-state index contributed by atoms with van der Waals surface area (Å²) in [6.45, 7) is 1.59. The van der Waals surface area contributed by atoms with Gasteiger partial charge in [0.15, 0.2) is 0 Å². The topological polar surface area (TPSA) is 113 Å². The molecule has 0 fully saturated rings. The maximum Gasteiger partial charge on any atom is 0.303 e. The molecule has 2 amide bonds. The highest BCUT2D eigenvalue weighted by atomic mass is 32.2. The van der Waals surface area contributed by atoms with Gasteiger partial charge in [-0.25, -0.2) is 0 Å². The SMILES string of the molecule is CC(=O)CSCC(=O)NC(CCC(=O)O)CNC(=O)CS. The molecule has 0 heterocycles. The van der Waals surface area contributed by atoms with Crippen LogP contribution in [0, 0.1) is 0 Å². The van der Waals surface area contributed by atoms with Crippen molar-refractivity contribution in [3.63, 3.8) is 0 Å². The van der Waals surface area contributed by atoms with Crippen molar-refractivity contribution in [1.29, 1.82) is 0 Å². The number of thioether (sulfide) groups is 1. The minimum atomic E-state index is -0.972. The van der Waals surface area contributed by atoms with Crippen molar-refractivity contribution in [2.45, 2.75) is 25.8 Å². The Morgan fingerprint density at radius 2 is 1.86 bits per heavy atom. The van der Waals surface area contributed by atoms with Gasteiger partial charge in [-0.1, -0.05) is 0 Å². The zero-order chi connectivity index (χ0) is 16.3. The first kappa shape index (κ1) is 19.8. The summed E-state index contributed by atoms with van der Waals surface area (Å²) >= 11 is 5.00. The van der Waals surface area contributed by atoms with Crippen LogP contribution in [0.25, 0.3) is 0 Å². The standard InChI is InChI=1S/C12H20N2O5S2/c1-8(15)6-21-7-11(17)14-9(2-3-12(18)19)4-13-10(16)5-20/h9,20H,2-7H2,1H3,(H,13,16)(H,14,17)(H,18,19). The number of carbonyl (C=O) groups is 4. The van der Waals surface area contributed by atoms with Crippen LogP contribution in [0.2, 0.25) is 0 Å². The van der Waals surface area contributed by atoms with Gasteiger partial charge in [0.2, 0.25) is 11.8 Å². The van der Waals surface area contributed by atoms with Crippen LogP contribution in [0.3, 0.4) is 0 Å². The molecule has 0 saturated heterocycles. The van der Waals surface area contributed by atoms with Gasteiger partial charge in [0.05, 0.1) is 17.3 Å². The van der Waals surface area contributed by atoms with Crippen molar-refractivity contribution in [3.05, 3.63) is 0 Å². The first-order valence-electron chi connectivity index (χ1n) is 6.31. The van der Waals surface area contributed by atoms with Crippen molar-refractivity contribution in [3.8, 4) is 0 Å². The Balaban J connectivity index is 4.23. The molecule has 3 N–H and O–H groups in total. The fraction of sp³-hybridized carbons (Fsp3) is 0.667. The summed E-state index contributed by atoms with van der Waals surface area (Å²) in [5.41, 5.74) is 0. The van der Waals surface area contributed by atoms with Gasteiger partial charge in [0.25, 0.3) is 0 Å². The van der Waals surface area contributed by atoms with Crippen LogP contribution >= 0.6 is 24.4 Å². The van der Waals surface area contributed by atoms with Crippen molar-refractivity contribution >= 4 is 48.0 Å². The highest BCUT2D eigenvalue weighted by Crippen LogP contribution is 2.02. The number of nitrogens with one attached hydrogen (secondary N) is 2. The Morgan fingerprint density at radius 1 is 1.19 bits per heavy atom. The molecule has 1 unspecified atom stereocenters. The number of thiol groups is 1. The first-order chi connectivity index (χ1) is 9.85. The van der Waals surface area contributed by atoms with E-state index in [0.29, 0.717) is 0 Å². The second-order valence-electron chi connectivity index (χ2n) is 4.35. The van der Waals surface area contributed by atoms with Crippen LogP contribution in [-0.4, -0.2) is 58.5 Å². The van der Waals surface area contributed by atoms with Gasteiger partial charge in [0, 0.05) is 19.0 Å². The van der Waals surface area contributed by atoms with Crippen LogP contribution in [-0.2, 0) is 19.2 Å². The van der Waals surface area contributed by atoms with Crippen molar-refractivity contribution in [2.24, 2.45) is 0 Å². The summed E-state index contributed by atoms with van der Waals surface area (Å²) in [7, 11) is 0. The second-order valence-corrected chi connectivity index (χ2v) is 5.66. The minimum absolute atomic E-state index is 0.0173. The van der Waals surface area contributed by atoms with Crippen LogP contribution < -0.4 is 10.6 Å². The van der Waals surface area contributed by atoms with Gasteiger partial charge in [-0.15, -0.1) is 11.8 Å². The molecule has 0 aromatic heterocycles. The number of hydrogen-bond donors (Lipinski definition) is 4. The molecule has 7 nitrogen and oxygen atoms in total. The Labute approximate surface area is 133 Å². The average molecular weight is 336 g/mol. The lowest BCUT2D eigenvalue weighted by Gasteiger charge is -2.18. The Kier molecular flexibility index (Phi) is 10.8. The van der Waals surface area contributed by atoms with E-state index in [0.717, 1.165) is 0 Å². The van der Waals surface area contributed by atoms with E-state index in [1.807, 2.05) is 0 Å². The van der Waals surface area contributed by atoms with E-state index in [-0.39, 0.29) is 54.2 Å². The Morgan fingerprint density at radius 3 is 2.38 bits per heavy atom. The number of carboxylic acids is 1. The Hall–Kier alpha value is -1.22. The van der Waals surface area contributed by atoms with Gasteiger partial charge < -0.3 is 15.7 Å². The van der Waals surface area contributed by atoms with E-state index < -0.39 is 12.0 Å². The van der Waals surface area contributed by atoms with Crippen LogP contribution in [0.15, 0.2) is 0 Å². The molecule has 0 saturated carbocycles. The molecule has 0 bridgehead atoms. The summed E-state index contributed by atoms with van der Waals surface area (Å²) in [5.74, 6) is -1.19. The van der Waals surface area contributed by atoms with Gasteiger partial charge >= 0.3 is 5.97 Å². The third-order valence-corrected chi connectivity index (χ3v) is 3.66. The predicted molar refractivity (Wildman–Crippen MR) is 83.7 cm³/mol. The van der Waals surface area contributed by atoms with Crippen molar-refractivity contribution in [2.75, 3.05) is 23.8 Å². The van der Waals surface area contributed by atoms with E-state index in [1.165, 1.54) is 18.7 Å². The van der Waals surface area contributed by atoms with Gasteiger partial charge in [-0.3, -0.25) is 19.2 Å². The normalized spacial score (nSPS) is 11.5. The fourth-order valence-corrected chi connectivity index (χ4v) is 2.14. The monoisotopic (exact) mass is 336 g/mol.